The zero-order chi connectivity index (χ0) is 21.0. The summed E-state index contributed by atoms with van der Waals surface area (Å²) in [6.07, 6.45) is 0.362. The van der Waals surface area contributed by atoms with Crippen LogP contribution in [-0.2, 0) is 14.8 Å². The summed E-state index contributed by atoms with van der Waals surface area (Å²) < 4.78 is 31.5. The lowest BCUT2D eigenvalue weighted by Crippen LogP contribution is -2.37. The second-order valence-electron chi connectivity index (χ2n) is 7.03. The van der Waals surface area contributed by atoms with Gasteiger partial charge in [0.05, 0.1) is 11.6 Å². The molecule has 0 bridgehead atoms. The summed E-state index contributed by atoms with van der Waals surface area (Å²) in [4.78, 5) is 24.5. The quantitative estimate of drug-likeness (QED) is 0.714. The first-order valence-corrected chi connectivity index (χ1v) is 10.9. The third kappa shape index (κ3) is 4.59. The van der Waals surface area contributed by atoms with E-state index in [2.05, 4.69) is 5.32 Å². The van der Waals surface area contributed by atoms with E-state index in [0.717, 1.165) is 15.6 Å². The van der Waals surface area contributed by atoms with Crippen LogP contribution in [-0.4, -0.2) is 43.7 Å². The van der Waals surface area contributed by atoms with Crippen molar-refractivity contribution in [3.8, 4) is 5.75 Å². The van der Waals surface area contributed by atoms with Crippen molar-refractivity contribution in [1.82, 2.24) is 9.62 Å². The largest absolute Gasteiger partial charge is 0.491 e. The van der Waals surface area contributed by atoms with Crippen molar-refractivity contribution in [3.63, 3.8) is 0 Å². The number of hydrogen-bond donors (Lipinski definition) is 1. The van der Waals surface area contributed by atoms with Gasteiger partial charge in [0.25, 0.3) is 15.9 Å². The van der Waals surface area contributed by atoms with Crippen LogP contribution in [0.4, 0.5) is 0 Å². The molecule has 2 amide bonds. The number of benzene rings is 2. The number of ether oxygens (including phenoxy) is 1. The predicted octanol–water partition coefficient (Wildman–Crippen LogP) is 2.50. The zero-order valence-electron chi connectivity index (χ0n) is 16.4. The molecule has 0 aliphatic carbocycles. The number of carbonyl (C=O) groups is 2. The highest BCUT2D eigenvalue weighted by Crippen LogP contribution is 2.29. The average Bonchev–Trinajstić information content (AvgIpc) is 2.88. The molecule has 29 heavy (non-hydrogen) atoms. The molecule has 0 saturated heterocycles. The van der Waals surface area contributed by atoms with Crippen molar-refractivity contribution in [2.45, 2.75) is 37.6 Å². The highest BCUT2D eigenvalue weighted by molar-refractivity contribution is 7.90. The van der Waals surface area contributed by atoms with Gasteiger partial charge in [0.1, 0.15) is 17.3 Å². The fourth-order valence-electron chi connectivity index (χ4n) is 3.16. The molecule has 0 spiro atoms. The van der Waals surface area contributed by atoms with Gasteiger partial charge >= 0.3 is 0 Å². The van der Waals surface area contributed by atoms with Crippen molar-refractivity contribution in [1.29, 1.82) is 0 Å². The normalized spacial score (nSPS) is 15.7. The van der Waals surface area contributed by atoms with Gasteiger partial charge in [-0.05, 0) is 44.0 Å². The van der Waals surface area contributed by atoms with Crippen LogP contribution in [0.2, 0.25) is 0 Å². The molecule has 0 aromatic heterocycles. The summed E-state index contributed by atoms with van der Waals surface area (Å²) in [5, 5.41) is 2.83. The summed E-state index contributed by atoms with van der Waals surface area (Å²) in [6.45, 7) is 4.08. The van der Waals surface area contributed by atoms with Gasteiger partial charge in [-0.1, -0.05) is 30.3 Å². The van der Waals surface area contributed by atoms with Gasteiger partial charge in [-0.2, -0.15) is 0 Å². The van der Waals surface area contributed by atoms with E-state index in [4.69, 9.17) is 4.74 Å². The molecular formula is C21H24N2O5S. The van der Waals surface area contributed by atoms with Gasteiger partial charge in [-0.3, -0.25) is 9.59 Å². The van der Waals surface area contributed by atoms with Crippen LogP contribution >= 0.6 is 0 Å². The number of nitrogens with one attached hydrogen (secondary N) is 1. The van der Waals surface area contributed by atoms with Gasteiger partial charge < -0.3 is 10.1 Å². The minimum atomic E-state index is -3.83. The Morgan fingerprint density at radius 2 is 1.83 bits per heavy atom. The Balaban J connectivity index is 1.46. The maximum absolute atomic E-state index is 12.5. The maximum Gasteiger partial charge on any atom is 0.269 e. The molecule has 3 rings (SSSR count). The number of carbonyl (C=O) groups excluding carboxylic acids is 2. The van der Waals surface area contributed by atoms with Crippen LogP contribution in [0, 0.1) is 6.92 Å². The maximum atomic E-state index is 12.5. The number of aryl methyl sites for hydroxylation is 1. The summed E-state index contributed by atoms with van der Waals surface area (Å²) in [5.41, 5.74) is 1.20. The first-order chi connectivity index (χ1) is 13.8. The molecule has 0 saturated carbocycles. The van der Waals surface area contributed by atoms with Crippen molar-refractivity contribution in [2.24, 2.45) is 0 Å². The smallest absolute Gasteiger partial charge is 0.269 e. The van der Waals surface area contributed by atoms with Crippen molar-refractivity contribution < 1.29 is 22.7 Å². The molecular weight excluding hydrogens is 392 g/mol. The standard InChI is InChI=1S/C21H24N2O5S/c1-15-8-3-5-10-18(15)28-14-16(2)22-20(24)12-7-13-23-21(25)17-9-4-6-11-19(17)29(23,26)27/h3-6,8-11,16H,7,12-14H2,1-2H3,(H,22,24). The van der Waals surface area contributed by atoms with Gasteiger partial charge in [-0.15, -0.1) is 0 Å². The van der Waals surface area contributed by atoms with E-state index in [-0.39, 0.29) is 41.8 Å². The minimum absolute atomic E-state index is 0.0245. The molecule has 1 aliphatic heterocycles. The number of hydrogen-bond acceptors (Lipinski definition) is 5. The Hall–Kier alpha value is -2.87. The Labute approximate surface area is 170 Å². The van der Waals surface area contributed by atoms with E-state index in [1.165, 1.54) is 12.1 Å². The number of para-hydroxylation sites is 1. The van der Waals surface area contributed by atoms with Gasteiger partial charge in [0, 0.05) is 13.0 Å². The molecule has 2 aromatic carbocycles. The number of amides is 2. The average molecular weight is 416 g/mol. The Kier molecular flexibility index (Phi) is 6.22. The van der Waals surface area contributed by atoms with Crippen molar-refractivity contribution >= 4 is 21.8 Å². The van der Waals surface area contributed by atoms with Crippen LogP contribution in [0.1, 0.15) is 35.7 Å². The lowest BCUT2D eigenvalue weighted by molar-refractivity contribution is -0.122. The summed E-state index contributed by atoms with van der Waals surface area (Å²) in [7, 11) is -3.83. The third-order valence-corrected chi connectivity index (χ3v) is 6.51. The Bertz CT molecular complexity index is 1020. The van der Waals surface area contributed by atoms with Crippen LogP contribution in [0.15, 0.2) is 53.4 Å². The highest BCUT2D eigenvalue weighted by Gasteiger charge is 2.40. The predicted molar refractivity (Wildman–Crippen MR) is 108 cm³/mol. The molecule has 1 aliphatic rings. The molecule has 1 unspecified atom stereocenters. The number of rotatable bonds is 8. The summed E-state index contributed by atoms with van der Waals surface area (Å²) >= 11 is 0. The second-order valence-corrected chi connectivity index (χ2v) is 8.86. The fraction of sp³-hybridized carbons (Fsp3) is 0.333. The van der Waals surface area contributed by atoms with E-state index < -0.39 is 15.9 Å². The third-order valence-electron chi connectivity index (χ3n) is 4.67. The second kappa shape index (κ2) is 8.65. The van der Waals surface area contributed by atoms with Crippen LogP contribution in [0.5, 0.6) is 5.75 Å². The fourth-order valence-corrected chi connectivity index (χ4v) is 4.76. The summed E-state index contributed by atoms with van der Waals surface area (Å²) in [6, 6.07) is 13.6. The van der Waals surface area contributed by atoms with Crippen molar-refractivity contribution in [2.75, 3.05) is 13.2 Å². The molecule has 1 N–H and O–H groups in total. The number of fused-ring (bicyclic) bond motifs is 1. The molecule has 0 radical (unpaired) electrons. The monoisotopic (exact) mass is 416 g/mol. The molecule has 2 aromatic rings. The topological polar surface area (TPSA) is 92.8 Å². The number of sulfonamides is 1. The van der Waals surface area contributed by atoms with Crippen molar-refractivity contribution in [3.05, 3.63) is 59.7 Å². The molecule has 1 atom stereocenters. The highest BCUT2D eigenvalue weighted by atomic mass is 32.2. The Morgan fingerprint density at radius 1 is 1.14 bits per heavy atom. The number of nitrogens with zero attached hydrogens (tertiary/aromatic N) is 1. The molecule has 8 heteroatoms. The molecule has 154 valence electrons. The van der Waals surface area contributed by atoms with Gasteiger partial charge in [-0.25, -0.2) is 12.7 Å². The van der Waals surface area contributed by atoms with E-state index in [0.29, 0.717) is 6.61 Å². The van der Waals surface area contributed by atoms with E-state index in [9.17, 15) is 18.0 Å². The first-order valence-electron chi connectivity index (χ1n) is 9.44. The molecule has 1 heterocycles. The van der Waals surface area contributed by atoms with E-state index >= 15 is 0 Å². The van der Waals surface area contributed by atoms with Crippen LogP contribution < -0.4 is 10.1 Å². The van der Waals surface area contributed by atoms with Crippen LogP contribution in [0.25, 0.3) is 0 Å². The molecule has 7 nitrogen and oxygen atoms in total. The lowest BCUT2D eigenvalue weighted by Gasteiger charge is -2.17. The zero-order valence-corrected chi connectivity index (χ0v) is 17.2. The first kappa shape index (κ1) is 20.9. The SMILES string of the molecule is Cc1ccccc1OCC(C)NC(=O)CCCN1C(=O)c2ccccc2S1(=O)=O. The minimum Gasteiger partial charge on any atom is -0.491 e. The van der Waals surface area contributed by atoms with Crippen LogP contribution in [0.3, 0.4) is 0 Å². The van der Waals surface area contributed by atoms with E-state index in [1.54, 1.807) is 12.1 Å². The van der Waals surface area contributed by atoms with Gasteiger partial charge in [0.2, 0.25) is 5.91 Å². The summed E-state index contributed by atoms with van der Waals surface area (Å²) in [5.74, 6) is 0.0133. The Morgan fingerprint density at radius 3 is 2.55 bits per heavy atom. The lowest BCUT2D eigenvalue weighted by atomic mass is 10.2. The van der Waals surface area contributed by atoms with Gasteiger partial charge in [0.15, 0.2) is 0 Å². The molecule has 0 fully saturated rings. The van der Waals surface area contributed by atoms with E-state index in [1.807, 2.05) is 38.1 Å².